The normalized spacial score (nSPS) is 13.4. The Morgan fingerprint density at radius 3 is 2.66 bits per heavy atom. The van der Waals surface area contributed by atoms with Gasteiger partial charge in [0, 0.05) is 18.5 Å². The van der Waals surface area contributed by atoms with E-state index in [0.717, 1.165) is 37.1 Å². The van der Waals surface area contributed by atoms with Crippen molar-refractivity contribution >= 4 is 22.7 Å². The Bertz CT molecular complexity index is 1120. The molecule has 3 aromatic rings. The van der Waals surface area contributed by atoms with Gasteiger partial charge in [-0.3, -0.25) is 29.8 Å². The molecular formula is C22H22N4O3. The third-order valence-corrected chi connectivity index (χ3v) is 5.10. The Hall–Kier alpha value is -3.48. The number of hydrogen-bond acceptors (Lipinski definition) is 4. The number of aromatic nitrogens is 2. The summed E-state index contributed by atoms with van der Waals surface area (Å²) in [5.41, 5.74) is 6.48. The number of hydrogen-bond donors (Lipinski definition) is 2. The van der Waals surface area contributed by atoms with Crippen molar-refractivity contribution in [3.8, 4) is 0 Å². The van der Waals surface area contributed by atoms with Gasteiger partial charge in [0.25, 0.3) is 11.5 Å². The van der Waals surface area contributed by atoms with Crippen LogP contribution in [0.25, 0.3) is 10.9 Å². The Morgan fingerprint density at radius 1 is 1.00 bits per heavy atom. The Kier molecular flexibility index (Phi) is 5.37. The molecule has 2 aromatic carbocycles. The molecule has 2 amide bonds. The fourth-order valence-corrected chi connectivity index (χ4v) is 3.58. The fourth-order valence-electron chi connectivity index (χ4n) is 3.58. The summed E-state index contributed by atoms with van der Waals surface area (Å²) in [6.07, 6.45) is 3.99. The average Bonchev–Trinajstić information content (AvgIpc) is 2.98. The van der Waals surface area contributed by atoms with Crippen LogP contribution in [0.4, 0.5) is 0 Å². The van der Waals surface area contributed by atoms with Crippen LogP contribution < -0.4 is 16.4 Å². The van der Waals surface area contributed by atoms with E-state index in [-0.39, 0.29) is 17.9 Å². The number of carbonyl (C=O) groups excluding carboxylic acids is 2. The highest BCUT2D eigenvalue weighted by atomic mass is 16.2. The number of carbonyl (C=O) groups is 2. The first-order valence-electron chi connectivity index (χ1n) is 9.78. The van der Waals surface area contributed by atoms with Gasteiger partial charge in [0.05, 0.1) is 17.3 Å². The lowest BCUT2D eigenvalue weighted by Crippen LogP contribution is -2.42. The maximum Gasteiger partial charge on any atom is 0.269 e. The van der Waals surface area contributed by atoms with Gasteiger partial charge in [0.15, 0.2) is 0 Å². The largest absolute Gasteiger partial charge is 0.296 e. The van der Waals surface area contributed by atoms with E-state index in [1.54, 1.807) is 22.8 Å². The molecule has 2 heterocycles. The molecule has 0 radical (unpaired) electrons. The lowest BCUT2D eigenvalue weighted by atomic mass is 10.1. The van der Waals surface area contributed by atoms with Gasteiger partial charge >= 0.3 is 0 Å². The number of benzene rings is 2. The van der Waals surface area contributed by atoms with Crippen molar-refractivity contribution < 1.29 is 9.59 Å². The van der Waals surface area contributed by atoms with E-state index in [4.69, 9.17) is 0 Å². The molecule has 1 aromatic heterocycles. The minimum absolute atomic E-state index is 0.0602. The zero-order chi connectivity index (χ0) is 20.2. The van der Waals surface area contributed by atoms with Crippen LogP contribution in [-0.2, 0) is 24.2 Å². The van der Waals surface area contributed by atoms with Gasteiger partial charge in [-0.15, -0.1) is 0 Å². The third kappa shape index (κ3) is 4.18. The van der Waals surface area contributed by atoms with Gasteiger partial charge in [-0.05, 0) is 36.6 Å². The van der Waals surface area contributed by atoms with E-state index in [9.17, 15) is 14.4 Å². The smallest absolute Gasteiger partial charge is 0.269 e. The summed E-state index contributed by atoms with van der Waals surface area (Å²) in [6.45, 7) is 0.687. The predicted molar refractivity (Wildman–Crippen MR) is 109 cm³/mol. The highest BCUT2D eigenvalue weighted by Crippen LogP contribution is 2.16. The molecule has 7 heteroatoms. The molecule has 0 saturated carbocycles. The van der Waals surface area contributed by atoms with Crippen LogP contribution in [-0.4, -0.2) is 21.4 Å². The molecule has 7 nitrogen and oxygen atoms in total. The first-order chi connectivity index (χ1) is 14.1. The SMILES string of the molecule is O=C(Cc1ccccc1)NNC(=O)c1ccc2c(=O)n3c(nc2c1)CCCCC3. The van der Waals surface area contributed by atoms with Crippen molar-refractivity contribution in [1.82, 2.24) is 20.4 Å². The van der Waals surface area contributed by atoms with Gasteiger partial charge in [-0.2, -0.15) is 0 Å². The fraction of sp³-hybridized carbons (Fsp3) is 0.273. The monoisotopic (exact) mass is 390 g/mol. The molecule has 0 saturated heterocycles. The minimum atomic E-state index is -0.454. The lowest BCUT2D eigenvalue weighted by Gasteiger charge is -2.11. The predicted octanol–water partition coefficient (Wildman–Crippen LogP) is 2.13. The second-order valence-corrected chi connectivity index (χ2v) is 7.19. The number of hydrazine groups is 1. The van der Waals surface area contributed by atoms with Gasteiger partial charge in [0.2, 0.25) is 5.91 Å². The van der Waals surface area contributed by atoms with Crippen LogP contribution in [0.15, 0.2) is 53.3 Å². The van der Waals surface area contributed by atoms with Crippen LogP contribution >= 0.6 is 0 Å². The molecule has 29 heavy (non-hydrogen) atoms. The Morgan fingerprint density at radius 2 is 1.83 bits per heavy atom. The summed E-state index contributed by atoms with van der Waals surface area (Å²) in [5.74, 6) is 0.00547. The van der Waals surface area contributed by atoms with Crippen molar-refractivity contribution in [1.29, 1.82) is 0 Å². The number of fused-ring (bicyclic) bond motifs is 2. The maximum absolute atomic E-state index is 12.8. The molecule has 0 fully saturated rings. The first-order valence-corrected chi connectivity index (χ1v) is 9.78. The van der Waals surface area contributed by atoms with Crippen molar-refractivity contribution in [2.45, 2.75) is 38.6 Å². The second kappa shape index (κ2) is 8.26. The molecular weight excluding hydrogens is 368 g/mol. The maximum atomic E-state index is 12.8. The molecule has 2 N–H and O–H groups in total. The highest BCUT2D eigenvalue weighted by Gasteiger charge is 2.15. The first kappa shape index (κ1) is 18.9. The molecule has 1 aliphatic rings. The summed E-state index contributed by atoms with van der Waals surface area (Å²) >= 11 is 0. The van der Waals surface area contributed by atoms with Crippen LogP contribution in [0.2, 0.25) is 0 Å². The molecule has 0 aliphatic carbocycles. The lowest BCUT2D eigenvalue weighted by molar-refractivity contribution is -0.121. The van der Waals surface area contributed by atoms with Crippen molar-refractivity contribution in [2.75, 3.05) is 0 Å². The van der Waals surface area contributed by atoms with E-state index in [1.165, 1.54) is 0 Å². The van der Waals surface area contributed by atoms with Crippen LogP contribution in [0.3, 0.4) is 0 Å². The minimum Gasteiger partial charge on any atom is -0.296 e. The van der Waals surface area contributed by atoms with Crippen LogP contribution in [0.5, 0.6) is 0 Å². The summed E-state index contributed by atoms with van der Waals surface area (Å²) in [6, 6.07) is 14.1. The number of rotatable bonds is 3. The van der Waals surface area contributed by atoms with Gasteiger partial charge < -0.3 is 0 Å². The van der Waals surface area contributed by atoms with Gasteiger partial charge in [-0.25, -0.2) is 4.98 Å². The highest BCUT2D eigenvalue weighted by molar-refractivity contribution is 5.98. The molecule has 4 rings (SSSR count). The zero-order valence-corrected chi connectivity index (χ0v) is 16.0. The van der Waals surface area contributed by atoms with Crippen molar-refractivity contribution in [2.24, 2.45) is 0 Å². The molecule has 0 spiro atoms. The summed E-state index contributed by atoms with van der Waals surface area (Å²) < 4.78 is 1.75. The van der Waals surface area contributed by atoms with E-state index >= 15 is 0 Å². The molecule has 1 aliphatic heterocycles. The number of aryl methyl sites for hydroxylation is 1. The number of nitrogens with one attached hydrogen (secondary N) is 2. The van der Waals surface area contributed by atoms with Gasteiger partial charge in [-0.1, -0.05) is 36.8 Å². The summed E-state index contributed by atoms with van der Waals surface area (Å²) in [4.78, 5) is 41.8. The molecule has 0 atom stereocenters. The summed E-state index contributed by atoms with van der Waals surface area (Å²) in [5, 5.41) is 0.500. The second-order valence-electron chi connectivity index (χ2n) is 7.19. The Balaban J connectivity index is 1.49. The van der Waals surface area contributed by atoms with Crippen LogP contribution in [0.1, 0.15) is 41.0 Å². The van der Waals surface area contributed by atoms with E-state index in [0.29, 0.717) is 23.0 Å². The molecule has 0 unspecified atom stereocenters. The van der Waals surface area contributed by atoms with Crippen molar-refractivity contribution in [3.63, 3.8) is 0 Å². The average molecular weight is 390 g/mol. The standard InChI is InChI=1S/C22H22N4O3/c27-20(13-15-7-3-1-4-8-15)24-25-21(28)16-10-11-17-18(14-16)23-19-9-5-2-6-12-26(19)22(17)29/h1,3-4,7-8,10-11,14H,2,5-6,9,12-13H2,(H,24,27)(H,25,28). The zero-order valence-electron chi connectivity index (χ0n) is 16.0. The van der Waals surface area contributed by atoms with E-state index in [2.05, 4.69) is 15.8 Å². The van der Waals surface area contributed by atoms with E-state index < -0.39 is 5.91 Å². The van der Waals surface area contributed by atoms with E-state index in [1.807, 2.05) is 30.3 Å². The number of amides is 2. The topological polar surface area (TPSA) is 93.1 Å². The van der Waals surface area contributed by atoms with Crippen LogP contribution in [0, 0.1) is 0 Å². The van der Waals surface area contributed by atoms with Gasteiger partial charge in [0.1, 0.15) is 5.82 Å². The Labute approximate surface area is 167 Å². The summed E-state index contributed by atoms with van der Waals surface area (Å²) in [7, 11) is 0. The number of nitrogens with zero attached hydrogens (tertiary/aromatic N) is 2. The third-order valence-electron chi connectivity index (χ3n) is 5.10. The molecule has 148 valence electrons. The quantitative estimate of drug-likeness (QED) is 0.670. The van der Waals surface area contributed by atoms with Crippen molar-refractivity contribution in [3.05, 3.63) is 75.8 Å². The molecule has 0 bridgehead atoms.